The Morgan fingerprint density at radius 1 is 0.941 bits per heavy atom. The molecule has 4 aliphatic carbocycles. The molecule has 0 aromatic rings. The summed E-state index contributed by atoms with van der Waals surface area (Å²) in [7, 11) is 0. The fraction of sp³-hybridized carbons (Fsp3) is 1.00. The maximum atomic E-state index is 9.90. The van der Waals surface area contributed by atoms with Crippen LogP contribution in [0.5, 0.6) is 0 Å². The predicted octanol–water partition coefficient (Wildman–Crippen LogP) is 1.30. The van der Waals surface area contributed by atoms with Crippen molar-refractivity contribution in [3.05, 3.63) is 0 Å². The first-order valence-corrected chi connectivity index (χ1v) is 7.26. The lowest BCUT2D eigenvalue weighted by Gasteiger charge is -2.58. The lowest BCUT2D eigenvalue weighted by Crippen LogP contribution is -2.62. The molecule has 1 saturated heterocycles. The molecule has 17 heavy (non-hydrogen) atoms. The number of ether oxygens (including phenoxy) is 1. The van der Waals surface area contributed by atoms with E-state index >= 15 is 0 Å². The van der Waals surface area contributed by atoms with E-state index in [0.29, 0.717) is 18.8 Å². The Labute approximate surface area is 103 Å². The zero-order valence-electron chi connectivity index (χ0n) is 10.4. The van der Waals surface area contributed by atoms with Gasteiger partial charge in [-0.15, -0.1) is 0 Å². The van der Waals surface area contributed by atoms with Crippen molar-refractivity contribution in [2.45, 2.75) is 56.2 Å². The highest BCUT2D eigenvalue weighted by molar-refractivity contribution is 5.08. The first-order valence-electron chi connectivity index (χ1n) is 7.26. The smallest absolute Gasteiger partial charge is 0.0948 e. The van der Waals surface area contributed by atoms with Gasteiger partial charge in [0.25, 0.3) is 0 Å². The molecular weight excluding hydrogens is 214 g/mol. The van der Waals surface area contributed by atoms with Crippen LogP contribution in [0.2, 0.25) is 0 Å². The zero-order chi connectivity index (χ0) is 11.5. The summed E-state index contributed by atoms with van der Waals surface area (Å²) >= 11 is 0. The highest BCUT2D eigenvalue weighted by Crippen LogP contribution is 2.55. The molecule has 1 heterocycles. The van der Waals surface area contributed by atoms with Crippen LogP contribution in [0.25, 0.3) is 0 Å². The summed E-state index contributed by atoms with van der Waals surface area (Å²) < 4.78 is 5.37. The minimum absolute atomic E-state index is 0.186. The molecule has 5 aliphatic rings. The summed E-state index contributed by atoms with van der Waals surface area (Å²) in [6, 6.07) is 0.186. The molecule has 4 bridgehead atoms. The largest absolute Gasteiger partial charge is 0.389 e. The summed E-state index contributed by atoms with van der Waals surface area (Å²) in [5.41, 5.74) is 0.355. The number of rotatable bonds is 2. The molecule has 2 atom stereocenters. The molecule has 0 aromatic heterocycles. The average Bonchev–Trinajstić information content (AvgIpc) is 2.61. The van der Waals surface area contributed by atoms with Crippen LogP contribution >= 0.6 is 0 Å². The molecule has 5 fully saturated rings. The Morgan fingerprint density at radius 2 is 1.53 bits per heavy atom. The van der Waals surface area contributed by atoms with Crippen molar-refractivity contribution < 1.29 is 9.84 Å². The third-order valence-corrected chi connectivity index (χ3v) is 5.58. The van der Waals surface area contributed by atoms with E-state index in [1.165, 1.54) is 38.5 Å². The van der Waals surface area contributed by atoms with Crippen molar-refractivity contribution in [3.63, 3.8) is 0 Å². The molecule has 4 saturated carbocycles. The van der Waals surface area contributed by atoms with Gasteiger partial charge in [-0.1, -0.05) is 0 Å². The Bertz CT molecular complexity index is 282. The van der Waals surface area contributed by atoms with Crippen molar-refractivity contribution in [2.24, 2.45) is 17.8 Å². The molecular formula is C14H23NO2. The highest BCUT2D eigenvalue weighted by atomic mass is 16.5. The molecule has 3 nitrogen and oxygen atoms in total. The lowest BCUT2D eigenvalue weighted by molar-refractivity contribution is -0.0311. The molecule has 5 rings (SSSR count). The zero-order valence-corrected chi connectivity index (χ0v) is 10.4. The summed E-state index contributed by atoms with van der Waals surface area (Å²) in [5.74, 6) is 2.90. The quantitative estimate of drug-likeness (QED) is 0.761. The van der Waals surface area contributed by atoms with Gasteiger partial charge in [-0.25, -0.2) is 0 Å². The second kappa shape index (κ2) is 3.69. The molecule has 0 radical (unpaired) electrons. The van der Waals surface area contributed by atoms with E-state index in [0.717, 1.165) is 17.8 Å². The van der Waals surface area contributed by atoms with E-state index in [1.54, 1.807) is 0 Å². The summed E-state index contributed by atoms with van der Waals surface area (Å²) in [6.07, 6.45) is 8.19. The van der Waals surface area contributed by atoms with Crippen LogP contribution in [0.4, 0.5) is 0 Å². The van der Waals surface area contributed by atoms with Crippen LogP contribution in [0, 0.1) is 17.8 Å². The first kappa shape index (κ1) is 10.8. The minimum Gasteiger partial charge on any atom is -0.389 e. The van der Waals surface area contributed by atoms with Gasteiger partial charge in [-0.2, -0.15) is 0 Å². The second-order valence-corrected chi connectivity index (χ2v) is 7.05. The van der Waals surface area contributed by atoms with Gasteiger partial charge in [0.15, 0.2) is 0 Å². The molecule has 1 aliphatic heterocycles. The summed E-state index contributed by atoms with van der Waals surface area (Å²) in [4.78, 5) is 0. The van der Waals surface area contributed by atoms with E-state index < -0.39 is 0 Å². The van der Waals surface area contributed by atoms with E-state index in [9.17, 15) is 5.11 Å². The third kappa shape index (κ3) is 1.74. The van der Waals surface area contributed by atoms with E-state index in [4.69, 9.17) is 4.74 Å². The highest BCUT2D eigenvalue weighted by Gasteiger charge is 2.52. The predicted molar refractivity (Wildman–Crippen MR) is 64.7 cm³/mol. The normalized spacial score (nSPS) is 56.6. The number of nitrogens with one attached hydrogen (secondary N) is 1. The molecule has 3 heteroatoms. The van der Waals surface area contributed by atoms with E-state index in [1.807, 2.05) is 0 Å². The van der Waals surface area contributed by atoms with Crippen molar-refractivity contribution in [1.29, 1.82) is 0 Å². The molecule has 2 unspecified atom stereocenters. The Morgan fingerprint density at radius 3 is 2.00 bits per heavy atom. The maximum absolute atomic E-state index is 9.90. The average molecular weight is 237 g/mol. The molecule has 0 aromatic carbocycles. The van der Waals surface area contributed by atoms with Crippen LogP contribution < -0.4 is 5.32 Å². The van der Waals surface area contributed by atoms with Gasteiger partial charge in [-0.05, 0) is 56.3 Å². The number of hydrogen-bond donors (Lipinski definition) is 2. The van der Waals surface area contributed by atoms with E-state index in [-0.39, 0.29) is 12.1 Å². The standard InChI is InChI=1S/C14H23NO2/c16-13-8-17-7-12(13)15-14-4-9-1-10(5-14)3-11(2-9)6-14/h9-13,15-16H,1-8H2. The molecule has 2 N–H and O–H groups in total. The Balaban J connectivity index is 1.52. The van der Waals surface area contributed by atoms with Crippen molar-refractivity contribution in [1.82, 2.24) is 5.32 Å². The monoisotopic (exact) mass is 237 g/mol. The van der Waals surface area contributed by atoms with Crippen molar-refractivity contribution >= 4 is 0 Å². The topological polar surface area (TPSA) is 41.5 Å². The molecule has 0 amide bonds. The minimum atomic E-state index is -0.289. The SMILES string of the molecule is OC1COCC1NC12CC3CC(CC(C3)C1)C2. The maximum Gasteiger partial charge on any atom is 0.0948 e. The fourth-order valence-corrected chi connectivity index (χ4v) is 5.36. The molecule has 96 valence electrons. The van der Waals surface area contributed by atoms with Crippen LogP contribution in [-0.2, 0) is 4.74 Å². The Hall–Kier alpha value is -0.120. The Kier molecular flexibility index (Phi) is 2.34. The van der Waals surface area contributed by atoms with Gasteiger partial charge in [0, 0.05) is 5.54 Å². The summed E-state index contributed by atoms with van der Waals surface area (Å²) in [5, 5.41) is 13.7. The number of hydrogen-bond acceptors (Lipinski definition) is 3. The van der Waals surface area contributed by atoms with Gasteiger partial charge in [0.1, 0.15) is 0 Å². The van der Waals surface area contributed by atoms with Crippen molar-refractivity contribution in [3.8, 4) is 0 Å². The van der Waals surface area contributed by atoms with Crippen LogP contribution in [0.1, 0.15) is 38.5 Å². The first-order chi connectivity index (χ1) is 8.22. The van der Waals surface area contributed by atoms with Crippen LogP contribution in [0.15, 0.2) is 0 Å². The van der Waals surface area contributed by atoms with Gasteiger partial charge in [0.2, 0.25) is 0 Å². The van der Waals surface area contributed by atoms with Gasteiger partial charge in [-0.3, -0.25) is 0 Å². The lowest BCUT2D eigenvalue weighted by atomic mass is 9.53. The fourth-order valence-electron chi connectivity index (χ4n) is 5.36. The van der Waals surface area contributed by atoms with Crippen LogP contribution in [-0.4, -0.2) is 36.0 Å². The molecule has 0 spiro atoms. The second-order valence-electron chi connectivity index (χ2n) is 7.05. The number of aliphatic hydroxyl groups is 1. The number of aliphatic hydroxyl groups excluding tert-OH is 1. The van der Waals surface area contributed by atoms with Gasteiger partial charge < -0.3 is 15.2 Å². The van der Waals surface area contributed by atoms with E-state index in [2.05, 4.69) is 5.32 Å². The van der Waals surface area contributed by atoms with Gasteiger partial charge in [0.05, 0.1) is 25.4 Å². The van der Waals surface area contributed by atoms with Crippen molar-refractivity contribution in [2.75, 3.05) is 13.2 Å². The third-order valence-electron chi connectivity index (χ3n) is 5.58. The summed E-state index contributed by atoms with van der Waals surface area (Å²) in [6.45, 7) is 1.22. The van der Waals surface area contributed by atoms with Crippen LogP contribution in [0.3, 0.4) is 0 Å². The van der Waals surface area contributed by atoms with Gasteiger partial charge >= 0.3 is 0 Å².